The highest BCUT2D eigenvalue weighted by molar-refractivity contribution is 7.15. The highest BCUT2D eigenvalue weighted by Crippen LogP contribution is 2.45. The molecule has 0 aliphatic carbocycles. The Morgan fingerprint density at radius 1 is 1.07 bits per heavy atom. The molecule has 3 aromatic carbocycles. The molecule has 9 nitrogen and oxygen atoms in total. The van der Waals surface area contributed by atoms with Gasteiger partial charge in [0.25, 0.3) is 5.78 Å². The van der Waals surface area contributed by atoms with Gasteiger partial charge in [0.15, 0.2) is 11.5 Å². The Morgan fingerprint density at radius 3 is 2.61 bits per heavy atom. The minimum absolute atomic E-state index is 0.0173. The molecular formula is C31H27N3O6S. The summed E-state index contributed by atoms with van der Waals surface area (Å²) in [5.41, 5.74) is 2.84. The molecule has 208 valence electrons. The molecule has 3 heterocycles. The van der Waals surface area contributed by atoms with Crippen LogP contribution in [0.15, 0.2) is 72.3 Å². The van der Waals surface area contributed by atoms with Crippen molar-refractivity contribution in [3.63, 3.8) is 0 Å². The van der Waals surface area contributed by atoms with Crippen molar-refractivity contribution in [2.24, 2.45) is 0 Å². The third-order valence-corrected chi connectivity index (χ3v) is 7.91. The highest BCUT2D eigenvalue weighted by Gasteiger charge is 2.48. The van der Waals surface area contributed by atoms with Crippen LogP contribution >= 0.6 is 11.3 Å². The van der Waals surface area contributed by atoms with E-state index in [4.69, 9.17) is 14.2 Å². The predicted octanol–water partition coefficient (Wildman–Crippen LogP) is 5.38. The number of carbonyl (C=O) groups excluding carboxylic acids is 2. The van der Waals surface area contributed by atoms with Crippen LogP contribution in [-0.2, 0) is 22.6 Å². The van der Waals surface area contributed by atoms with Gasteiger partial charge in [-0.25, -0.2) is 0 Å². The normalized spacial score (nSPS) is 19.2. The van der Waals surface area contributed by atoms with E-state index in [1.807, 2.05) is 37.3 Å². The average Bonchev–Trinajstić information content (AvgIpc) is 3.65. The molecule has 1 fully saturated rings. The van der Waals surface area contributed by atoms with Gasteiger partial charge in [-0.2, -0.15) is 0 Å². The van der Waals surface area contributed by atoms with Gasteiger partial charge in [0.05, 0.1) is 18.7 Å². The summed E-state index contributed by atoms with van der Waals surface area (Å²) >= 11 is 1.19. The maximum atomic E-state index is 13.5. The number of aliphatic hydroxyl groups excluding tert-OH is 1. The van der Waals surface area contributed by atoms with Crippen LogP contribution < -0.4 is 19.1 Å². The van der Waals surface area contributed by atoms with E-state index in [9.17, 15) is 14.7 Å². The van der Waals surface area contributed by atoms with E-state index in [-0.39, 0.29) is 22.6 Å². The molecule has 2 aliphatic heterocycles. The van der Waals surface area contributed by atoms with E-state index < -0.39 is 17.7 Å². The Morgan fingerprint density at radius 2 is 1.88 bits per heavy atom. The van der Waals surface area contributed by atoms with Crippen LogP contribution in [0.1, 0.15) is 40.2 Å². The van der Waals surface area contributed by atoms with Crippen LogP contribution in [0.4, 0.5) is 5.13 Å². The van der Waals surface area contributed by atoms with E-state index in [0.29, 0.717) is 40.7 Å². The van der Waals surface area contributed by atoms with Crippen molar-refractivity contribution >= 4 is 33.9 Å². The van der Waals surface area contributed by atoms with Gasteiger partial charge in [-0.3, -0.25) is 14.5 Å². The Balaban J connectivity index is 1.44. The quantitative estimate of drug-likeness (QED) is 0.179. The lowest BCUT2D eigenvalue weighted by atomic mass is 9.94. The summed E-state index contributed by atoms with van der Waals surface area (Å²) < 4.78 is 17.5. The zero-order valence-corrected chi connectivity index (χ0v) is 23.5. The van der Waals surface area contributed by atoms with Crippen LogP contribution in [0.2, 0.25) is 0 Å². The summed E-state index contributed by atoms with van der Waals surface area (Å²) in [5.74, 6) is -0.227. The van der Waals surface area contributed by atoms with Crippen molar-refractivity contribution in [2.75, 3.05) is 12.0 Å². The minimum Gasteiger partial charge on any atom is -0.507 e. The Bertz CT molecular complexity index is 1680. The monoisotopic (exact) mass is 569 g/mol. The van der Waals surface area contributed by atoms with E-state index in [1.54, 1.807) is 43.3 Å². The number of aromatic nitrogens is 2. The molecule has 1 saturated heterocycles. The number of benzene rings is 3. The van der Waals surface area contributed by atoms with Gasteiger partial charge in [0.2, 0.25) is 5.13 Å². The van der Waals surface area contributed by atoms with Gasteiger partial charge in [0, 0.05) is 12.0 Å². The summed E-state index contributed by atoms with van der Waals surface area (Å²) in [6.45, 7) is 4.07. The lowest BCUT2D eigenvalue weighted by Gasteiger charge is -2.23. The topological polar surface area (TPSA) is 111 Å². The summed E-state index contributed by atoms with van der Waals surface area (Å²) in [6, 6.07) is 19.2. The number of aryl methyl sites for hydroxylation is 1. The lowest BCUT2D eigenvalue weighted by Crippen LogP contribution is -2.29. The van der Waals surface area contributed by atoms with Crippen LogP contribution in [0.5, 0.6) is 17.2 Å². The largest absolute Gasteiger partial charge is 0.507 e. The summed E-state index contributed by atoms with van der Waals surface area (Å²) in [5, 5.41) is 20.6. The standard InChI is InChI=1S/C31H27N3O6S/c1-17-13-22-14-21(10-11-23(22)40-17)28(35)26-27(34(30(37)29(26)36)31-33-32-18(2)41-31)20-9-12-24(25(15-20)38-3)39-16-19-7-5-4-6-8-19/h4-12,14-15,17,27,35H,13,16H2,1-3H3/b28-26+/t17-,27+/m0/s1. The smallest absolute Gasteiger partial charge is 0.301 e. The predicted molar refractivity (Wildman–Crippen MR) is 153 cm³/mol. The summed E-state index contributed by atoms with van der Waals surface area (Å²) in [4.78, 5) is 28.3. The Kier molecular flexibility index (Phi) is 6.92. The van der Waals surface area contributed by atoms with Gasteiger partial charge in [-0.15, -0.1) is 10.2 Å². The molecule has 4 aromatic rings. The van der Waals surface area contributed by atoms with Crippen molar-refractivity contribution < 1.29 is 28.9 Å². The van der Waals surface area contributed by atoms with Crippen LogP contribution in [0.3, 0.4) is 0 Å². The zero-order valence-electron chi connectivity index (χ0n) is 22.7. The molecule has 2 atom stereocenters. The number of ether oxygens (including phenoxy) is 3. The van der Waals surface area contributed by atoms with Crippen molar-refractivity contribution in [1.29, 1.82) is 0 Å². The number of anilines is 1. The maximum Gasteiger partial charge on any atom is 0.301 e. The maximum absolute atomic E-state index is 13.5. The molecule has 41 heavy (non-hydrogen) atoms. The zero-order chi connectivity index (χ0) is 28.7. The van der Waals surface area contributed by atoms with Crippen LogP contribution in [0, 0.1) is 6.92 Å². The molecule has 6 rings (SSSR count). The third kappa shape index (κ3) is 4.91. The van der Waals surface area contributed by atoms with E-state index in [2.05, 4.69) is 10.2 Å². The first-order valence-electron chi connectivity index (χ1n) is 13.1. The molecule has 2 aliphatic rings. The summed E-state index contributed by atoms with van der Waals surface area (Å²) in [7, 11) is 1.52. The number of ketones is 1. The number of carbonyl (C=O) groups is 2. The number of hydrogen-bond donors (Lipinski definition) is 1. The van der Waals surface area contributed by atoms with Gasteiger partial charge in [-0.05, 0) is 60.9 Å². The molecule has 0 bridgehead atoms. The molecule has 0 unspecified atom stereocenters. The SMILES string of the molecule is COc1cc([C@@H]2/C(=C(\O)c3ccc4c(c3)C[C@H](C)O4)C(=O)C(=O)N2c2nnc(C)s2)ccc1OCc1ccccc1. The average molecular weight is 570 g/mol. The molecule has 1 amide bonds. The van der Waals surface area contributed by atoms with Crippen molar-refractivity contribution in [3.8, 4) is 17.2 Å². The molecule has 0 saturated carbocycles. The molecule has 0 spiro atoms. The van der Waals surface area contributed by atoms with Gasteiger partial charge < -0.3 is 19.3 Å². The Hall–Kier alpha value is -4.70. The Labute approximate surface area is 240 Å². The number of rotatable bonds is 7. The molecule has 1 aromatic heterocycles. The molecule has 1 N–H and O–H groups in total. The number of fused-ring (bicyclic) bond motifs is 1. The second kappa shape index (κ2) is 10.7. The number of aliphatic hydroxyl groups is 1. The third-order valence-electron chi connectivity index (χ3n) is 7.08. The number of Topliss-reactive ketones (excluding diaryl/α,β-unsaturated/α-hetero) is 1. The molecule has 0 radical (unpaired) electrons. The second-order valence-corrected chi connectivity index (χ2v) is 11.1. The summed E-state index contributed by atoms with van der Waals surface area (Å²) in [6.07, 6.45) is 0.698. The van der Waals surface area contributed by atoms with Crippen LogP contribution in [0.25, 0.3) is 5.76 Å². The van der Waals surface area contributed by atoms with Gasteiger partial charge in [0.1, 0.15) is 29.2 Å². The number of nitrogens with zero attached hydrogens (tertiary/aromatic N) is 3. The lowest BCUT2D eigenvalue weighted by molar-refractivity contribution is -0.132. The van der Waals surface area contributed by atoms with E-state index in [1.165, 1.54) is 23.3 Å². The fourth-order valence-corrected chi connectivity index (χ4v) is 5.88. The first kappa shape index (κ1) is 26.5. The second-order valence-electron chi connectivity index (χ2n) is 9.91. The molecule has 10 heteroatoms. The van der Waals surface area contributed by atoms with Crippen molar-refractivity contribution in [2.45, 2.75) is 39.0 Å². The minimum atomic E-state index is -0.970. The fraction of sp³-hybridized carbons (Fsp3) is 0.226. The molecular weight excluding hydrogens is 542 g/mol. The van der Waals surface area contributed by atoms with E-state index >= 15 is 0 Å². The number of hydrogen-bond acceptors (Lipinski definition) is 9. The number of amides is 1. The van der Waals surface area contributed by atoms with Crippen LogP contribution in [-0.4, -0.2) is 40.2 Å². The van der Waals surface area contributed by atoms with Gasteiger partial charge >= 0.3 is 5.91 Å². The highest BCUT2D eigenvalue weighted by atomic mass is 32.1. The first-order valence-corrected chi connectivity index (χ1v) is 13.9. The fourth-order valence-electron chi connectivity index (χ4n) is 5.16. The van der Waals surface area contributed by atoms with Crippen molar-refractivity contribution in [1.82, 2.24) is 10.2 Å². The van der Waals surface area contributed by atoms with Crippen molar-refractivity contribution in [3.05, 3.63) is 99.6 Å². The first-order chi connectivity index (χ1) is 19.8. The van der Waals surface area contributed by atoms with E-state index in [0.717, 1.165) is 16.9 Å². The number of methoxy groups -OCH3 is 1. The van der Waals surface area contributed by atoms with Gasteiger partial charge in [-0.1, -0.05) is 47.7 Å².